The number of phenols is 1. The first kappa shape index (κ1) is 26.1. The summed E-state index contributed by atoms with van der Waals surface area (Å²) in [4.78, 5) is 36.7. The zero-order valence-electron chi connectivity index (χ0n) is 20.6. The summed E-state index contributed by atoms with van der Waals surface area (Å²) in [5.41, 5.74) is 1.65. The first-order chi connectivity index (χ1) is 18.3. The molecule has 1 atom stereocenters. The Morgan fingerprint density at radius 1 is 1.00 bits per heavy atom. The highest BCUT2D eigenvalue weighted by molar-refractivity contribution is 6.14. The predicted octanol–water partition coefficient (Wildman–Crippen LogP) is 3.22. The van der Waals surface area contributed by atoms with Crippen LogP contribution < -0.4 is 24.3 Å². The van der Waals surface area contributed by atoms with Crippen LogP contribution in [0.2, 0.25) is 0 Å². The summed E-state index contributed by atoms with van der Waals surface area (Å²) < 4.78 is 21.8. The van der Waals surface area contributed by atoms with Crippen molar-refractivity contribution in [3.05, 3.63) is 83.1 Å². The Morgan fingerprint density at radius 3 is 2.42 bits per heavy atom. The lowest BCUT2D eigenvalue weighted by Crippen LogP contribution is -2.44. The number of hydrogen-bond donors (Lipinski definition) is 3. The van der Waals surface area contributed by atoms with E-state index in [1.54, 1.807) is 36.4 Å². The van der Waals surface area contributed by atoms with Crippen molar-refractivity contribution in [3.8, 4) is 28.7 Å². The SMILES string of the molecule is COc1ccc(C=C2Oc3cc(OCC(=O)N[C@@H](Cc4ccc(O)cc4)C(=O)O)ccc3C2=O)cc1OC. The van der Waals surface area contributed by atoms with E-state index in [0.29, 0.717) is 28.2 Å². The molecule has 0 saturated carbocycles. The van der Waals surface area contributed by atoms with E-state index in [-0.39, 0.29) is 35.2 Å². The van der Waals surface area contributed by atoms with Gasteiger partial charge < -0.3 is 34.5 Å². The number of carboxylic acids is 1. The number of fused-ring (bicyclic) bond motifs is 1. The minimum atomic E-state index is -1.20. The summed E-state index contributed by atoms with van der Waals surface area (Å²) in [5.74, 6) is -0.378. The van der Waals surface area contributed by atoms with Crippen LogP contribution in [0.25, 0.3) is 6.08 Å². The van der Waals surface area contributed by atoms with Crippen LogP contribution in [0.4, 0.5) is 0 Å². The van der Waals surface area contributed by atoms with Crippen molar-refractivity contribution in [2.24, 2.45) is 0 Å². The first-order valence-corrected chi connectivity index (χ1v) is 11.5. The molecule has 1 aliphatic rings. The van der Waals surface area contributed by atoms with Crippen molar-refractivity contribution >= 4 is 23.7 Å². The quantitative estimate of drug-likeness (QED) is 0.344. The molecule has 0 aromatic heterocycles. The second kappa shape index (κ2) is 11.4. The number of ether oxygens (including phenoxy) is 4. The van der Waals surface area contributed by atoms with Gasteiger partial charge in [0.1, 0.15) is 23.3 Å². The van der Waals surface area contributed by atoms with Crippen LogP contribution in [0.5, 0.6) is 28.7 Å². The van der Waals surface area contributed by atoms with Gasteiger partial charge in [-0.15, -0.1) is 0 Å². The van der Waals surface area contributed by atoms with E-state index in [9.17, 15) is 24.6 Å². The molecule has 1 heterocycles. The van der Waals surface area contributed by atoms with E-state index >= 15 is 0 Å². The fourth-order valence-electron chi connectivity index (χ4n) is 3.80. The minimum absolute atomic E-state index is 0.0331. The van der Waals surface area contributed by atoms with Gasteiger partial charge in [0.25, 0.3) is 5.91 Å². The van der Waals surface area contributed by atoms with Crippen LogP contribution in [0, 0.1) is 0 Å². The van der Waals surface area contributed by atoms with Crippen LogP contribution in [0.15, 0.2) is 66.4 Å². The normalized spacial score (nSPS) is 13.8. The third kappa shape index (κ3) is 6.04. The summed E-state index contributed by atoms with van der Waals surface area (Å²) in [6, 6.07) is 14.6. The van der Waals surface area contributed by atoms with E-state index in [4.69, 9.17) is 18.9 Å². The number of rotatable bonds is 10. The molecule has 0 aliphatic carbocycles. The summed E-state index contributed by atoms with van der Waals surface area (Å²) in [6.45, 7) is -0.444. The molecule has 0 spiro atoms. The monoisotopic (exact) mass is 519 g/mol. The fourth-order valence-corrected chi connectivity index (χ4v) is 3.80. The Balaban J connectivity index is 1.38. The number of aliphatic carboxylic acids is 1. The van der Waals surface area contributed by atoms with Gasteiger partial charge in [-0.05, 0) is 53.6 Å². The number of hydrogen-bond acceptors (Lipinski definition) is 8. The summed E-state index contributed by atoms with van der Waals surface area (Å²) >= 11 is 0. The first-order valence-electron chi connectivity index (χ1n) is 11.5. The third-order valence-corrected chi connectivity index (χ3v) is 5.73. The van der Waals surface area contributed by atoms with Gasteiger partial charge in [-0.3, -0.25) is 9.59 Å². The number of carboxylic acid groups (broad SMARTS) is 1. The van der Waals surface area contributed by atoms with E-state index in [1.807, 2.05) is 0 Å². The third-order valence-electron chi connectivity index (χ3n) is 5.73. The minimum Gasteiger partial charge on any atom is -0.508 e. The van der Waals surface area contributed by atoms with Crippen LogP contribution >= 0.6 is 0 Å². The smallest absolute Gasteiger partial charge is 0.326 e. The van der Waals surface area contributed by atoms with E-state index in [0.717, 1.165) is 0 Å². The highest BCUT2D eigenvalue weighted by atomic mass is 16.5. The Hall–Kier alpha value is -4.99. The highest BCUT2D eigenvalue weighted by Gasteiger charge is 2.28. The molecule has 196 valence electrons. The van der Waals surface area contributed by atoms with Crippen LogP contribution in [-0.2, 0) is 16.0 Å². The zero-order chi connectivity index (χ0) is 27.2. The van der Waals surface area contributed by atoms with Gasteiger partial charge in [-0.1, -0.05) is 18.2 Å². The Morgan fingerprint density at radius 2 is 1.74 bits per heavy atom. The molecule has 38 heavy (non-hydrogen) atoms. The lowest BCUT2D eigenvalue weighted by molar-refractivity contribution is -0.142. The number of methoxy groups -OCH3 is 2. The summed E-state index contributed by atoms with van der Waals surface area (Å²) in [5, 5.41) is 21.3. The molecule has 3 aromatic rings. The van der Waals surface area contributed by atoms with Crippen molar-refractivity contribution in [3.63, 3.8) is 0 Å². The van der Waals surface area contributed by atoms with Crippen molar-refractivity contribution in [1.82, 2.24) is 5.32 Å². The number of carbonyl (C=O) groups is 3. The predicted molar refractivity (Wildman–Crippen MR) is 136 cm³/mol. The van der Waals surface area contributed by atoms with Gasteiger partial charge in [0.2, 0.25) is 5.78 Å². The lowest BCUT2D eigenvalue weighted by Gasteiger charge is -2.15. The van der Waals surface area contributed by atoms with Gasteiger partial charge in [0.15, 0.2) is 23.9 Å². The average Bonchev–Trinajstić information content (AvgIpc) is 3.22. The standard InChI is InChI=1S/C28H25NO9/c1-35-22-10-5-17(12-24(22)36-2)13-25-27(32)20-9-8-19(14-23(20)38-25)37-15-26(31)29-21(28(33)34)11-16-3-6-18(30)7-4-16/h3-10,12-14,21,30H,11,15H2,1-2H3,(H,29,31)(H,33,34)/t21-/m0/s1. The summed E-state index contributed by atoms with van der Waals surface area (Å²) in [7, 11) is 3.04. The maximum atomic E-state index is 12.8. The molecule has 1 amide bonds. The van der Waals surface area contributed by atoms with Gasteiger partial charge in [-0.2, -0.15) is 0 Å². The number of aromatic hydroxyl groups is 1. The molecule has 10 heteroatoms. The van der Waals surface area contributed by atoms with E-state index in [1.165, 1.54) is 44.6 Å². The largest absolute Gasteiger partial charge is 0.508 e. The maximum Gasteiger partial charge on any atom is 0.326 e. The molecule has 3 N–H and O–H groups in total. The number of phenolic OH excluding ortho intramolecular Hbond substituents is 1. The second-order valence-electron chi connectivity index (χ2n) is 8.33. The number of carbonyl (C=O) groups excluding carboxylic acids is 2. The Bertz CT molecular complexity index is 1400. The van der Waals surface area contributed by atoms with Crippen LogP contribution in [-0.4, -0.2) is 54.7 Å². The highest BCUT2D eigenvalue weighted by Crippen LogP contribution is 2.36. The van der Waals surface area contributed by atoms with Gasteiger partial charge in [-0.25, -0.2) is 4.79 Å². The molecular formula is C28H25NO9. The molecular weight excluding hydrogens is 494 g/mol. The van der Waals surface area contributed by atoms with E-state index in [2.05, 4.69) is 5.32 Å². The van der Waals surface area contributed by atoms with Crippen molar-refractivity contribution in [1.29, 1.82) is 0 Å². The van der Waals surface area contributed by atoms with Crippen molar-refractivity contribution in [2.75, 3.05) is 20.8 Å². The molecule has 4 rings (SSSR count). The molecule has 0 bridgehead atoms. The topological polar surface area (TPSA) is 141 Å². The van der Waals surface area contributed by atoms with Crippen LogP contribution in [0.3, 0.4) is 0 Å². The lowest BCUT2D eigenvalue weighted by atomic mass is 10.1. The molecule has 0 fully saturated rings. The van der Waals surface area contributed by atoms with Crippen molar-refractivity contribution < 1.29 is 43.5 Å². The molecule has 1 aliphatic heterocycles. The number of benzene rings is 3. The number of Topliss-reactive ketones (excluding diaryl/α,β-unsaturated/α-hetero) is 1. The molecule has 0 saturated heterocycles. The summed E-state index contributed by atoms with van der Waals surface area (Å²) in [6.07, 6.45) is 1.61. The van der Waals surface area contributed by atoms with Crippen molar-refractivity contribution in [2.45, 2.75) is 12.5 Å². The molecule has 10 nitrogen and oxygen atoms in total. The maximum absolute atomic E-state index is 12.8. The number of amides is 1. The molecule has 0 radical (unpaired) electrons. The fraction of sp³-hybridized carbons (Fsp3) is 0.179. The van der Waals surface area contributed by atoms with Gasteiger partial charge in [0.05, 0.1) is 19.8 Å². The number of allylic oxidation sites excluding steroid dienone is 1. The zero-order valence-corrected chi connectivity index (χ0v) is 20.6. The average molecular weight is 520 g/mol. The van der Waals surface area contributed by atoms with Gasteiger partial charge >= 0.3 is 5.97 Å². The van der Waals surface area contributed by atoms with Gasteiger partial charge in [0, 0.05) is 12.5 Å². The molecule has 0 unspecified atom stereocenters. The Kier molecular flexibility index (Phi) is 7.81. The van der Waals surface area contributed by atoms with E-state index < -0.39 is 24.5 Å². The van der Waals surface area contributed by atoms with Crippen LogP contribution in [0.1, 0.15) is 21.5 Å². The second-order valence-corrected chi connectivity index (χ2v) is 8.33. The number of ketones is 1. The number of nitrogens with one attached hydrogen (secondary N) is 1. The molecule has 3 aromatic carbocycles. The Labute approximate surface area is 218 Å².